The molecular weight excluding hydrogens is 126 g/mol. The van der Waals surface area contributed by atoms with Gasteiger partial charge < -0.3 is 9.85 Å². The number of nitrogens with zero attached hydrogens (tertiary/aromatic N) is 1. The summed E-state index contributed by atoms with van der Waals surface area (Å²) in [6, 6.07) is 0. The normalized spacial score (nSPS) is 49.2. The maximum Gasteiger partial charge on any atom is 0.0807 e. The van der Waals surface area contributed by atoms with E-state index in [9.17, 15) is 5.21 Å². The van der Waals surface area contributed by atoms with Gasteiger partial charge in [0.15, 0.2) is 0 Å². The van der Waals surface area contributed by atoms with Crippen LogP contribution in [0, 0.1) is 17.0 Å². The second kappa shape index (κ2) is 2.51. The summed E-state index contributed by atoms with van der Waals surface area (Å²) in [4.78, 5) is 0. The monoisotopic (exact) mass is 143 g/mol. The van der Waals surface area contributed by atoms with Gasteiger partial charge in [-0.15, -0.1) is 0 Å². The van der Waals surface area contributed by atoms with Gasteiger partial charge in [0.1, 0.15) is 0 Å². The van der Waals surface area contributed by atoms with E-state index in [0.29, 0.717) is 11.8 Å². The topological polar surface area (TPSA) is 23.1 Å². The van der Waals surface area contributed by atoms with Gasteiger partial charge in [-0.25, -0.2) is 0 Å². The van der Waals surface area contributed by atoms with Gasteiger partial charge in [0.25, 0.3) is 0 Å². The molecule has 3 atom stereocenters. The lowest BCUT2D eigenvalue weighted by Gasteiger charge is -2.46. The number of piperidine rings is 1. The summed E-state index contributed by atoms with van der Waals surface area (Å²) in [5, 5.41) is 11.5. The van der Waals surface area contributed by atoms with Crippen molar-refractivity contribution in [2.45, 2.75) is 20.3 Å². The molecule has 1 unspecified atom stereocenters. The van der Waals surface area contributed by atoms with Gasteiger partial charge in [0, 0.05) is 11.8 Å². The van der Waals surface area contributed by atoms with E-state index in [1.54, 1.807) is 7.05 Å². The second-order valence-electron chi connectivity index (χ2n) is 4.11. The lowest BCUT2D eigenvalue weighted by molar-refractivity contribution is -0.873. The third kappa shape index (κ3) is 1.96. The van der Waals surface area contributed by atoms with Gasteiger partial charge in [-0.05, 0) is 6.42 Å². The first-order chi connectivity index (χ1) is 4.49. The Labute approximate surface area is 63.0 Å². The molecule has 0 radical (unpaired) electrons. The Morgan fingerprint density at radius 2 is 1.60 bits per heavy atom. The smallest absolute Gasteiger partial charge is 0.0807 e. The van der Waals surface area contributed by atoms with Crippen molar-refractivity contribution >= 4 is 0 Å². The van der Waals surface area contributed by atoms with Crippen molar-refractivity contribution in [2.24, 2.45) is 11.8 Å². The molecule has 1 heterocycles. The molecule has 0 aromatic carbocycles. The molecule has 60 valence electrons. The lowest BCUT2D eigenvalue weighted by atomic mass is 9.92. The lowest BCUT2D eigenvalue weighted by Crippen LogP contribution is -2.48. The standard InChI is InChI=1S/C8H17NO/c1-7-4-8(2)6-9(3,10)5-7/h7-8H,4-6H2,1-3H3/t7-,8+,9?. The van der Waals surface area contributed by atoms with E-state index >= 15 is 0 Å². The van der Waals surface area contributed by atoms with Crippen molar-refractivity contribution in [2.75, 3.05) is 20.1 Å². The van der Waals surface area contributed by atoms with E-state index in [2.05, 4.69) is 13.8 Å². The van der Waals surface area contributed by atoms with Crippen LogP contribution in [0.5, 0.6) is 0 Å². The third-order valence-electron chi connectivity index (χ3n) is 2.20. The van der Waals surface area contributed by atoms with Crippen molar-refractivity contribution in [1.82, 2.24) is 0 Å². The number of quaternary nitrogens is 1. The highest BCUT2D eigenvalue weighted by Crippen LogP contribution is 2.24. The van der Waals surface area contributed by atoms with Crippen molar-refractivity contribution in [3.05, 3.63) is 5.21 Å². The van der Waals surface area contributed by atoms with Crippen LogP contribution in [0.2, 0.25) is 0 Å². The van der Waals surface area contributed by atoms with Crippen molar-refractivity contribution in [3.63, 3.8) is 0 Å². The molecule has 0 aromatic rings. The first-order valence-corrected chi connectivity index (χ1v) is 4.05. The second-order valence-corrected chi connectivity index (χ2v) is 4.11. The summed E-state index contributed by atoms with van der Waals surface area (Å²) in [5.41, 5.74) is 0. The van der Waals surface area contributed by atoms with Crippen LogP contribution in [0.1, 0.15) is 20.3 Å². The fourth-order valence-corrected chi connectivity index (χ4v) is 2.23. The van der Waals surface area contributed by atoms with Crippen LogP contribution in [-0.4, -0.2) is 24.8 Å². The quantitative estimate of drug-likeness (QED) is 0.373. The van der Waals surface area contributed by atoms with Crippen molar-refractivity contribution < 1.29 is 4.65 Å². The molecule has 0 aromatic heterocycles. The summed E-state index contributed by atoms with van der Waals surface area (Å²) < 4.78 is -0.0255. The van der Waals surface area contributed by atoms with Gasteiger partial charge >= 0.3 is 0 Å². The number of hydroxylamine groups is 3. The third-order valence-corrected chi connectivity index (χ3v) is 2.20. The van der Waals surface area contributed by atoms with Gasteiger partial charge in [-0.2, -0.15) is 0 Å². The minimum absolute atomic E-state index is 0.0255. The highest BCUT2D eigenvalue weighted by molar-refractivity contribution is 4.65. The number of hydrogen-bond donors (Lipinski definition) is 0. The van der Waals surface area contributed by atoms with E-state index in [-0.39, 0.29) is 4.65 Å². The molecule has 1 rings (SSSR count). The SMILES string of the molecule is C[C@@H]1C[C@H](C)C[N+](C)([O-])C1. The van der Waals surface area contributed by atoms with E-state index in [1.807, 2.05) is 0 Å². The average molecular weight is 143 g/mol. The average Bonchev–Trinajstić information content (AvgIpc) is 1.54. The zero-order valence-electron chi connectivity index (χ0n) is 7.13. The summed E-state index contributed by atoms with van der Waals surface area (Å²) in [6.45, 7) is 5.96. The van der Waals surface area contributed by atoms with E-state index < -0.39 is 0 Å². The van der Waals surface area contributed by atoms with Crippen LogP contribution < -0.4 is 0 Å². The van der Waals surface area contributed by atoms with Crippen LogP contribution in [-0.2, 0) is 0 Å². The van der Waals surface area contributed by atoms with Crippen molar-refractivity contribution in [3.8, 4) is 0 Å². The van der Waals surface area contributed by atoms with Crippen LogP contribution in [0.4, 0.5) is 0 Å². The molecule has 2 nitrogen and oxygen atoms in total. The molecule has 10 heavy (non-hydrogen) atoms. The Hall–Kier alpha value is -0.0800. The molecule has 0 spiro atoms. The van der Waals surface area contributed by atoms with Crippen LogP contribution in [0.15, 0.2) is 0 Å². The van der Waals surface area contributed by atoms with E-state index in [0.717, 1.165) is 13.1 Å². The molecule has 1 saturated heterocycles. The highest BCUT2D eigenvalue weighted by atomic mass is 16.5. The maximum atomic E-state index is 11.5. The van der Waals surface area contributed by atoms with Gasteiger partial charge in [-0.1, -0.05) is 13.8 Å². The van der Waals surface area contributed by atoms with Gasteiger partial charge in [0.05, 0.1) is 20.1 Å². The van der Waals surface area contributed by atoms with Crippen molar-refractivity contribution in [1.29, 1.82) is 0 Å². The molecule has 0 amide bonds. The van der Waals surface area contributed by atoms with Gasteiger partial charge in [0.2, 0.25) is 0 Å². The summed E-state index contributed by atoms with van der Waals surface area (Å²) >= 11 is 0. The Bertz CT molecular complexity index is 110. The predicted octanol–water partition coefficient (Wildman–Crippen LogP) is 1.61. The maximum absolute atomic E-state index is 11.5. The fourth-order valence-electron chi connectivity index (χ4n) is 2.23. The molecule has 0 N–H and O–H groups in total. The van der Waals surface area contributed by atoms with Crippen LogP contribution in [0.25, 0.3) is 0 Å². The first-order valence-electron chi connectivity index (χ1n) is 4.05. The zero-order chi connectivity index (χ0) is 7.78. The molecule has 1 aliphatic rings. The molecule has 0 saturated carbocycles. The largest absolute Gasteiger partial charge is 0.633 e. The number of hydrogen-bond acceptors (Lipinski definition) is 1. The summed E-state index contributed by atoms with van der Waals surface area (Å²) in [6.07, 6.45) is 1.23. The van der Waals surface area contributed by atoms with E-state index in [1.165, 1.54) is 6.42 Å². The zero-order valence-corrected chi connectivity index (χ0v) is 7.13. The molecule has 0 aliphatic carbocycles. The van der Waals surface area contributed by atoms with E-state index in [4.69, 9.17) is 0 Å². The molecular formula is C8H17NO. The summed E-state index contributed by atoms with van der Waals surface area (Å²) in [5.74, 6) is 1.23. The summed E-state index contributed by atoms with van der Waals surface area (Å²) in [7, 11) is 1.78. The molecule has 1 aliphatic heterocycles. The fraction of sp³-hybridized carbons (Fsp3) is 1.00. The minimum Gasteiger partial charge on any atom is -0.633 e. The Morgan fingerprint density at radius 3 is 1.90 bits per heavy atom. The Kier molecular flexibility index (Phi) is 2.02. The van der Waals surface area contributed by atoms with Gasteiger partial charge in [-0.3, -0.25) is 0 Å². The Balaban J connectivity index is 2.51. The molecule has 1 fully saturated rings. The molecule has 0 bridgehead atoms. The van der Waals surface area contributed by atoms with Crippen LogP contribution in [0.3, 0.4) is 0 Å². The number of rotatable bonds is 0. The number of likely N-dealkylation sites (tertiary alicyclic amines) is 1. The highest BCUT2D eigenvalue weighted by Gasteiger charge is 2.26. The predicted molar refractivity (Wildman–Crippen MR) is 42.2 cm³/mol. The first kappa shape index (κ1) is 8.02. The Morgan fingerprint density at radius 1 is 1.20 bits per heavy atom. The molecule has 2 heteroatoms. The minimum atomic E-state index is -0.0255. The van der Waals surface area contributed by atoms with Crippen LogP contribution >= 0.6 is 0 Å².